The standard InChI is InChI=1S/C35H37ClN6O/c1-5-41-17-15-25(16-18-41)24-8-11-28(12-9-24)39-35-37-21-27-19-31(34(43)42(6-2)33(27)40-35)30-14-10-26(20-32(30)36)29-13-7-22(3)38-23(29)4/h7-14,19-21,25H,5-6,15-18H2,1-4H3,(H,37,39,40). The van der Waals surface area contributed by atoms with Gasteiger partial charge < -0.3 is 10.2 Å². The van der Waals surface area contributed by atoms with Crippen molar-refractivity contribution in [2.75, 3.05) is 25.0 Å². The minimum Gasteiger partial charge on any atom is -0.324 e. The van der Waals surface area contributed by atoms with Gasteiger partial charge in [0.15, 0.2) is 0 Å². The number of likely N-dealkylation sites (tertiary alicyclic amines) is 1. The number of piperidine rings is 1. The van der Waals surface area contributed by atoms with E-state index in [9.17, 15) is 4.79 Å². The van der Waals surface area contributed by atoms with E-state index in [2.05, 4.69) is 57.4 Å². The Morgan fingerprint density at radius 2 is 1.63 bits per heavy atom. The van der Waals surface area contributed by atoms with Gasteiger partial charge in [-0.1, -0.05) is 48.9 Å². The molecular formula is C35H37ClN6O. The summed E-state index contributed by atoms with van der Waals surface area (Å²) in [7, 11) is 0. The summed E-state index contributed by atoms with van der Waals surface area (Å²) in [6.45, 7) is 12.1. The third-order valence-corrected chi connectivity index (χ3v) is 8.92. The van der Waals surface area contributed by atoms with Crippen LogP contribution in [0.2, 0.25) is 5.02 Å². The molecule has 0 aliphatic carbocycles. The molecule has 1 N–H and O–H groups in total. The molecule has 0 saturated carbocycles. The highest BCUT2D eigenvalue weighted by atomic mass is 35.5. The summed E-state index contributed by atoms with van der Waals surface area (Å²) >= 11 is 6.79. The van der Waals surface area contributed by atoms with Gasteiger partial charge in [-0.15, -0.1) is 0 Å². The van der Waals surface area contributed by atoms with Crippen LogP contribution in [0.25, 0.3) is 33.3 Å². The van der Waals surface area contributed by atoms with E-state index in [1.54, 1.807) is 10.8 Å². The number of halogens is 1. The molecule has 2 aromatic carbocycles. The summed E-state index contributed by atoms with van der Waals surface area (Å²) in [6, 6.07) is 20.3. The molecule has 1 saturated heterocycles. The van der Waals surface area contributed by atoms with Crippen LogP contribution in [0.3, 0.4) is 0 Å². The van der Waals surface area contributed by atoms with Crippen molar-refractivity contribution in [1.82, 2.24) is 24.4 Å². The van der Waals surface area contributed by atoms with Gasteiger partial charge >= 0.3 is 0 Å². The zero-order chi connectivity index (χ0) is 30.1. The molecule has 220 valence electrons. The van der Waals surface area contributed by atoms with Crippen molar-refractivity contribution in [3.63, 3.8) is 0 Å². The van der Waals surface area contributed by atoms with Crippen molar-refractivity contribution in [1.29, 1.82) is 0 Å². The smallest absolute Gasteiger partial charge is 0.260 e. The first-order valence-corrected chi connectivity index (χ1v) is 15.5. The number of pyridine rings is 2. The Labute approximate surface area is 257 Å². The van der Waals surface area contributed by atoms with Gasteiger partial charge in [0, 0.05) is 56.9 Å². The minimum atomic E-state index is -0.138. The van der Waals surface area contributed by atoms with E-state index in [1.807, 2.05) is 51.1 Å². The third-order valence-electron chi connectivity index (χ3n) is 8.61. The van der Waals surface area contributed by atoms with E-state index >= 15 is 0 Å². The van der Waals surface area contributed by atoms with Crippen LogP contribution in [-0.4, -0.2) is 44.1 Å². The Balaban J connectivity index is 1.27. The fourth-order valence-corrected chi connectivity index (χ4v) is 6.43. The monoisotopic (exact) mass is 592 g/mol. The first-order chi connectivity index (χ1) is 20.8. The fourth-order valence-electron chi connectivity index (χ4n) is 6.15. The number of hydrogen-bond donors (Lipinski definition) is 1. The molecular weight excluding hydrogens is 556 g/mol. The second-order valence-corrected chi connectivity index (χ2v) is 11.7. The quantitative estimate of drug-likeness (QED) is 0.208. The van der Waals surface area contributed by atoms with Gasteiger partial charge in [0.25, 0.3) is 5.56 Å². The first-order valence-electron chi connectivity index (χ1n) is 15.1. The average molecular weight is 593 g/mol. The highest BCUT2D eigenvalue weighted by Gasteiger charge is 2.20. The molecule has 0 radical (unpaired) electrons. The molecule has 0 atom stereocenters. The Bertz CT molecular complexity index is 1840. The molecule has 43 heavy (non-hydrogen) atoms. The molecule has 4 heterocycles. The molecule has 0 amide bonds. The van der Waals surface area contributed by atoms with Gasteiger partial charge in [0.1, 0.15) is 5.65 Å². The second-order valence-electron chi connectivity index (χ2n) is 11.3. The van der Waals surface area contributed by atoms with Gasteiger partial charge in [-0.05, 0) is 101 Å². The number of benzene rings is 2. The number of aryl methyl sites for hydroxylation is 3. The Morgan fingerprint density at radius 1 is 0.884 bits per heavy atom. The molecule has 3 aromatic heterocycles. The first kappa shape index (κ1) is 29.0. The summed E-state index contributed by atoms with van der Waals surface area (Å²) in [5.74, 6) is 1.06. The van der Waals surface area contributed by atoms with E-state index in [0.717, 1.165) is 53.2 Å². The molecule has 0 bridgehead atoms. The lowest BCUT2D eigenvalue weighted by molar-refractivity contribution is 0.222. The summed E-state index contributed by atoms with van der Waals surface area (Å²) < 4.78 is 1.68. The van der Waals surface area contributed by atoms with E-state index in [1.165, 1.54) is 18.4 Å². The number of hydrogen-bond acceptors (Lipinski definition) is 6. The molecule has 0 unspecified atom stereocenters. The number of nitrogens with one attached hydrogen (secondary N) is 1. The maximum atomic E-state index is 13.7. The zero-order valence-electron chi connectivity index (χ0n) is 25.2. The van der Waals surface area contributed by atoms with Crippen LogP contribution in [0.5, 0.6) is 0 Å². The topological polar surface area (TPSA) is 75.9 Å². The summed E-state index contributed by atoms with van der Waals surface area (Å²) in [5.41, 5.74) is 7.84. The van der Waals surface area contributed by atoms with Crippen LogP contribution in [0.1, 0.15) is 49.6 Å². The Morgan fingerprint density at radius 3 is 2.30 bits per heavy atom. The van der Waals surface area contributed by atoms with Crippen LogP contribution in [0, 0.1) is 13.8 Å². The summed E-state index contributed by atoms with van der Waals surface area (Å²) in [4.78, 5) is 30.1. The van der Waals surface area contributed by atoms with E-state index < -0.39 is 0 Å². The zero-order valence-corrected chi connectivity index (χ0v) is 25.9. The van der Waals surface area contributed by atoms with Crippen LogP contribution < -0.4 is 10.9 Å². The average Bonchev–Trinajstić information content (AvgIpc) is 3.01. The Kier molecular flexibility index (Phi) is 8.28. The van der Waals surface area contributed by atoms with Crippen LogP contribution in [0.15, 0.2) is 71.7 Å². The largest absolute Gasteiger partial charge is 0.324 e. The van der Waals surface area contributed by atoms with Crippen molar-refractivity contribution < 1.29 is 0 Å². The van der Waals surface area contributed by atoms with Crippen LogP contribution in [0.4, 0.5) is 11.6 Å². The minimum absolute atomic E-state index is 0.138. The summed E-state index contributed by atoms with van der Waals surface area (Å²) in [6.07, 6.45) is 4.16. The lowest BCUT2D eigenvalue weighted by Crippen LogP contribution is -2.32. The SMILES string of the molecule is CCN1CCC(c2ccc(Nc3ncc4cc(-c5ccc(-c6ccc(C)nc6C)cc5Cl)c(=O)n(CC)c4n3)cc2)CC1. The van der Waals surface area contributed by atoms with Gasteiger partial charge in [0.2, 0.25) is 5.95 Å². The molecule has 1 fully saturated rings. The molecule has 5 aromatic rings. The maximum Gasteiger partial charge on any atom is 0.260 e. The predicted molar refractivity (Wildman–Crippen MR) is 176 cm³/mol. The molecule has 1 aliphatic heterocycles. The number of fused-ring (bicyclic) bond motifs is 1. The fraction of sp³-hybridized carbons (Fsp3) is 0.314. The predicted octanol–water partition coefficient (Wildman–Crippen LogP) is 7.75. The van der Waals surface area contributed by atoms with Gasteiger partial charge in [0.05, 0.1) is 0 Å². The third kappa shape index (κ3) is 5.92. The van der Waals surface area contributed by atoms with E-state index in [4.69, 9.17) is 16.6 Å². The number of rotatable bonds is 7. The summed E-state index contributed by atoms with van der Waals surface area (Å²) in [5, 5.41) is 4.61. The van der Waals surface area contributed by atoms with Crippen molar-refractivity contribution >= 4 is 34.3 Å². The number of anilines is 2. The maximum absolute atomic E-state index is 13.7. The molecule has 0 spiro atoms. The van der Waals surface area contributed by atoms with Crippen LogP contribution >= 0.6 is 11.6 Å². The molecule has 1 aliphatic rings. The van der Waals surface area contributed by atoms with E-state index in [-0.39, 0.29) is 5.56 Å². The van der Waals surface area contributed by atoms with Crippen molar-refractivity contribution in [2.45, 2.75) is 53.0 Å². The normalized spacial score (nSPS) is 14.3. The molecule has 7 nitrogen and oxygen atoms in total. The van der Waals surface area contributed by atoms with Crippen molar-refractivity contribution in [2.24, 2.45) is 0 Å². The van der Waals surface area contributed by atoms with Gasteiger partial charge in [-0.25, -0.2) is 4.98 Å². The van der Waals surface area contributed by atoms with Crippen molar-refractivity contribution in [3.05, 3.63) is 99.2 Å². The van der Waals surface area contributed by atoms with E-state index in [0.29, 0.717) is 40.2 Å². The van der Waals surface area contributed by atoms with Gasteiger partial charge in [-0.2, -0.15) is 4.98 Å². The second kappa shape index (κ2) is 12.3. The highest BCUT2D eigenvalue weighted by molar-refractivity contribution is 6.33. The van der Waals surface area contributed by atoms with Gasteiger partial charge in [-0.3, -0.25) is 14.3 Å². The lowest BCUT2D eigenvalue weighted by Gasteiger charge is -2.31. The molecule has 8 heteroatoms. The Hall–Kier alpha value is -4.07. The highest BCUT2D eigenvalue weighted by Crippen LogP contribution is 2.33. The number of aromatic nitrogens is 4. The molecule has 6 rings (SSSR count). The lowest BCUT2D eigenvalue weighted by atomic mass is 9.89. The van der Waals surface area contributed by atoms with Crippen molar-refractivity contribution in [3.8, 4) is 22.3 Å². The number of nitrogens with zero attached hydrogens (tertiary/aromatic N) is 5. The van der Waals surface area contributed by atoms with Crippen LogP contribution in [-0.2, 0) is 6.54 Å².